The molecule has 1 atom stereocenters. The van der Waals surface area contributed by atoms with E-state index >= 15 is 0 Å². The molecule has 0 saturated heterocycles. The fourth-order valence-corrected chi connectivity index (χ4v) is 3.99. The zero-order valence-electron chi connectivity index (χ0n) is 23.5. The predicted molar refractivity (Wildman–Crippen MR) is 157 cm³/mol. The van der Waals surface area contributed by atoms with Crippen LogP contribution in [0, 0.1) is 5.92 Å². The van der Waals surface area contributed by atoms with Crippen molar-refractivity contribution in [1.82, 2.24) is 0 Å². The van der Waals surface area contributed by atoms with Crippen molar-refractivity contribution in [3.8, 4) is 11.5 Å². The molecule has 1 N–H and O–H groups in total. The van der Waals surface area contributed by atoms with Gasteiger partial charge in [0.1, 0.15) is 11.5 Å². The number of allylic oxidation sites excluding steroid dienone is 1. The number of carbonyl (C=O) groups excluding carboxylic acids is 1. The van der Waals surface area contributed by atoms with Gasteiger partial charge in [-0.3, -0.25) is 4.79 Å². The summed E-state index contributed by atoms with van der Waals surface area (Å²) >= 11 is 0. The topological polar surface area (TPSA) is 47.6 Å². The zero-order chi connectivity index (χ0) is 26.6. The molecular weight excluding hydrogens is 458 g/mol. The highest BCUT2D eigenvalue weighted by Crippen LogP contribution is 2.18. The van der Waals surface area contributed by atoms with Crippen LogP contribution in [0.15, 0.2) is 60.8 Å². The summed E-state index contributed by atoms with van der Waals surface area (Å²) in [7, 11) is 0. The molecule has 4 heteroatoms. The van der Waals surface area contributed by atoms with Crippen LogP contribution in [-0.4, -0.2) is 19.0 Å². The first kappa shape index (κ1) is 30.5. The lowest BCUT2D eigenvalue weighted by molar-refractivity contribution is 0.104. The molecule has 0 heterocycles. The van der Waals surface area contributed by atoms with E-state index in [0.29, 0.717) is 18.1 Å². The molecule has 0 bridgehead atoms. The van der Waals surface area contributed by atoms with Gasteiger partial charge in [-0.1, -0.05) is 91.4 Å². The molecular formula is C33H49NO3. The second-order valence-corrected chi connectivity index (χ2v) is 10.1. The Morgan fingerprint density at radius 1 is 0.757 bits per heavy atom. The Balaban J connectivity index is 1.57. The number of hydrogen-bond donors (Lipinski definition) is 1. The number of carbonyl (C=O) groups is 1. The monoisotopic (exact) mass is 507 g/mol. The van der Waals surface area contributed by atoms with Gasteiger partial charge in [0.15, 0.2) is 5.78 Å². The summed E-state index contributed by atoms with van der Waals surface area (Å²) in [6, 6.07) is 15.2. The van der Waals surface area contributed by atoms with Crippen molar-refractivity contribution in [3.05, 3.63) is 66.4 Å². The number of ketones is 1. The summed E-state index contributed by atoms with van der Waals surface area (Å²) in [5.74, 6) is 2.15. The molecule has 0 aliphatic heterocycles. The lowest BCUT2D eigenvalue weighted by Crippen LogP contribution is -2.07. The standard InChI is InChI=1S/C33H49NO3/c1-4-6-7-8-9-10-11-12-13-14-15-26-36-31-22-18-30(19-23-31)34-25-24-33(35)29-16-20-32(21-17-29)37-27-28(3)5-2/h16-25,28,34H,4-15,26-27H2,1-3H3/b25-24+/t28-/m0/s1. The Morgan fingerprint density at radius 3 is 1.89 bits per heavy atom. The van der Waals surface area contributed by atoms with E-state index < -0.39 is 0 Å². The Kier molecular flexibility index (Phi) is 16.0. The number of unbranched alkanes of at least 4 members (excludes halogenated alkanes) is 10. The fourth-order valence-electron chi connectivity index (χ4n) is 3.99. The Hall–Kier alpha value is -2.75. The van der Waals surface area contributed by atoms with Crippen LogP contribution in [0.25, 0.3) is 0 Å². The van der Waals surface area contributed by atoms with Crippen LogP contribution < -0.4 is 14.8 Å². The van der Waals surface area contributed by atoms with Crippen molar-refractivity contribution in [2.75, 3.05) is 18.5 Å². The first-order valence-electron chi connectivity index (χ1n) is 14.6. The molecule has 0 spiro atoms. The molecule has 0 aliphatic rings. The lowest BCUT2D eigenvalue weighted by atomic mass is 10.1. The summed E-state index contributed by atoms with van der Waals surface area (Å²) in [5, 5.41) is 3.16. The molecule has 0 radical (unpaired) electrons. The van der Waals surface area contributed by atoms with E-state index in [2.05, 4.69) is 26.1 Å². The van der Waals surface area contributed by atoms with E-state index in [9.17, 15) is 4.79 Å². The van der Waals surface area contributed by atoms with Crippen LogP contribution in [0.1, 0.15) is 108 Å². The molecule has 0 unspecified atom stereocenters. The highest BCUT2D eigenvalue weighted by Gasteiger charge is 2.04. The fraction of sp³-hybridized carbons (Fsp3) is 0.545. The van der Waals surface area contributed by atoms with Gasteiger partial charge in [-0.15, -0.1) is 0 Å². The lowest BCUT2D eigenvalue weighted by Gasteiger charge is -2.10. The third-order valence-electron chi connectivity index (χ3n) is 6.73. The van der Waals surface area contributed by atoms with Gasteiger partial charge in [0.2, 0.25) is 0 Å². The van der Waals surface area contributed by atoms with E-state index in [1.165, 1.54) is 64.2 Å². The highest BCUT2D eigenvalue weighted by molar-refractivity contribution is 6.04. The van der Waals surface area contributed by atoms with Crippen LogP contribution in [0.3, 0.4) is 0 Å². The Labute approximate surface area is 225 Å². The Morgan fingerprint density at radius 2 is 1.30 bits per heavy atom. The summed E-state index contributed by atoms with van der Waals surface area (Å²) in [6.07, 6.45) is 19.0. The number of hydrogen-bond acceptors (Lipinski definition) is 4. The van der Waals surface area contributed by atoms with Gasteiger partial charge in [0, 0.05) is 23.5 Å². The van der Waals surface area contributed by atoms with Gasteiger partial charge in [0.05, 0.1) is 13.2 Å². The first-order chi connectivity index (χ1) is 18.1. The molecule has 2 rings (SSSR count). The van der Waals surface area contributed by atoms with Gasteiger partial charge in [-0.25, -0.2) is 0 Å². The van der Waals surface area contributed by atoms with Crippen LogP contribution in [-0.2, 0) is 0 Å². The molecule has 0 saturated carbocycles. The van der Waals surface area contributed by atoms with Crippen LogP contribution in [0.5, 0.6) is 11.5 Å². The number of ether oxygens (including phenoxy) is 2. The molecule has 4 nitrogen and oxygen atoms in total. The smallest absolute Gasteiger partial charge is 0.187 e. The van der Waals surface area contributed by atoms with Crippen molar-refractivity contribution >= 4 is 11.5 Å². The van der Waals surface area contributed by atoms with Gasteiger partial charge in [-0.2, -0.15) is 0 Å². The van der Waals surface area contributed by atoms with Gasteiger partial charge >= 0.3 is 0 Å². The SMILES string of the molecule is CCCCCCCCCCCCCOc1ccc(N/C=C/C(=O)c2ccc(OC[C@@H](C)CC)cc2)cc1. The normalized spacial score (nSPS) is 12.0. The second kappa shape index (κ2) is 19.4. The van der Waals surface area contributed by atoms with Gasteiger partial charge < -0.3 is 14.8 Å². The van der Waals surface area contributed by atoms with Crippen molar-refractivity contribution in [3.63, 3.8) is 0 Å². The molecule has 37 heavy (non-hydrogen) atoms. The van der Waals surface area contributed by atoms with Gasteiger partial charge in [0.25, 0.3) is 0 Å². The third kappa shape index (κ3) is 13.9. The second-order valence-electron chi connectivity index (χ2n) is 10.1. The number of anilines is 1. The minimum Gasteiger partial charge on any atom is -0.494 e. The minimum absolute atomic E-state index is 0.0482. The van der Waals surface area contributed by atoms with E-state index in [0.717, 1.165) is 36.6 Å². The van der Waals surface area contributed by atoms with E-state index in [1.54, 1.807) is 24.4 Å². The van der Waals surface area contributed by atoms with Crippen molar-refractivity contribution in [2.45, 2.75) is 97.8 Å². The first-order valence-corrected chi connectivity index (χ1v) is 14.6. The summed E-state index contributed by atoms with van der Waals surface area (Å²) in [4.78, 5) is 12.4. The molecule has 0 fully saturated rings. The number of nitrogens with one attached hydrogen (secondary N) is 1. The average Bonchev–Trinajstić information content (AvgIpc) is 2.93. The molecule has 2 aromatic rings. The maximum Gasteiger partial charge on any atom is 0.187 e. The highest BCUT2D eigenvalue weighted by atomic mass is 16.5. The van der Waals surface area contributed by atoms with Gasteiger partial charge in [-0.05, 0) is 60.9 Å². The van der Waals surface area contributed by atoms with Crippen LogP contribution in [0.2, 0.25) is 0 Å². The molecule has 204 valence electrons. The van der Waals surface area contributed by atoms with E-state index in [1.807, 2.05) is 36.4 Å². The summed E-state index contributed by atoms with van der Waals surface area (Å²) in [5.41, 5.74) is 1.56. The maximum atomic E-state index is 12.4. The minimum atomic E-state index is -0.0482. The van der Waals surface area contributed by atoms with Crippen LogP contribution in [0.4, 0.5) is 5.69 Å². The quantitative estimate of drug-likeness (QED) is 0.104. The molecule has 0 aliphatic carbocycles. The largest absolute Gasteiger partial charge is 0.494 e. The predicted octanol–water partition coefficient (Wildman–Crippen LogP) is 9.61. The van der Waals surface area contributed by atoms with Crippen molar-refractivity contribution in [2.24, 2.45) is 5.92 Å². The summed E-state index contributed by atoms with van der Waals surface area (Å²) in [6.45, 7) is 8.04. The van der Waals surface area contributed by atoms with Crippen molar-refractivity contribution in [1.29, 1.82) is 0 Å². The number of benzene rings is 2. The molecule has 0 amide bonds. The maximum absolute atomic E-state index is 12.4. The number of rotatable bonds is 21. The van der Waals surface area contributed by atoms with Crippen LogP contribution >= 0.6 is 0 Å². The molecule has 0 aromatic heterocycles. The van der Waals surface area contributed by atoms with E-state index in [4.69, 9.17) is 9.47 Å². The van der Waals surface area contributed by atoms with E-state index in [-0.39, 0.29) is 5.78 Å². The summed E-state index contributed by atoms with van der Waals surface area (Å²) < 4.78 is 11.6. The third-order valence-corrected chi connectivity index (χ3v) is 6.73. The molecule has 2 aromatic carbocycles. The average molecular weight is 508 g/mol. The van der Waals surface area contributed by atoms with Crippen molar-refractivity contribution < 1.29 is 14.3 Å². The zero-order valence-corrected chi connectivity index (χ0v) is 23.5. The Bertz CT molecular complexity index is 873.